The van der Waals surface area contributed by atoms with Crippen LogP contribution in [0.1, 0.15) is 40.0 Å². The van der Waals surface area contributed by atoms with E-state index in [9.17, 15) is 13.2 Å². The highest BCUT2D eigenvalue weighted by atomic mass is 32.2. The monoisotopic (exact) mass is 337 g/mol. The highest BCUT2D eigenvalue weighted by molar-refractivity contribution is 8.02. The number of ketones is 1. The maximum Gasteiger partial charge on any atom is 0.264 e. The minimum atomic E-state index is -3.94. The van der Waals surface area contributed by atoms with Gasteiger partial charge in [0, 0.05) is 5.41 Å². The van der Waals surface area contributed by atoms with Gasteiger partial charge in [-0.3, -0.25) is 9.35 Å². The predicted molar refractivity (Wildman–Crippen MR) is 84.7 cm³/mol. The Morgan fingerprint density at radius 2 is 2.10 bits per heavy atom. The van der Waals surface area contributed by atoms with Crippen LogP contribution in [0.15, 0.2) is 0 Å². The van der Waals surface area contributed by atoms with Crippen molar-refractivity contribution in [1.29, 1.82) is 0 Å². The van der Waals surface area contributed by atoms with E-state index in [1.54, 1.807) is 11.8 Å². The van der Waals surface area contributed by atoms with Crippen molar-refractivity contribution in [2.24, 2.45) is 11.3 Å². The summed E-state index contributed by atoms with van der Waals surface area (Å²) >= 11 is 1.71. The summed E-state index contributed by atoms with van der Waals surface area (Å²) in [5, 5.41) is 1.12. The molecule has 0 spiro atoms. The third-order valence-corrected chi connectivity index (χ3v) is 5.44. The van der Waals surface area contributed by atoms with E-state index in [2.05, 4.69) is 0 Å². The van der Waals surface area contributed by atoms with Crippen LogP contribution in [-0.4, -0.2) is 43.5 Å². The summed E-state index contributed by atoms with van der Waals surface area (Å²) in [6, 6.07) is 0. The maximum atomic E-state index is 12.2. The number of thioether (sulfide) groups is 1. The second kappa shape index (κ2) is 7.85. The Bertz CT molecular complexity index is 433. The number of hydrogen-bond donors (Lipinski definition) is 1. The molecule has 1 atom stereocenters. The van der Waals surface area contributed by atoms with Gasteiger partial charge in [0.15, 0.2) is 5.25 Å². The molecular formula is C14H25O5S2+. The van der Waals surface area contributed by atoms with Crippen molar-refractivity contribution in [2.75, 3.05) is 24.7 Å². The molecule has 1 saturated heterocycles. The number of rotatable bonds is 7. The second-order valence-corrected chi connectivity index (χ2v) is 9.16. The Hall–Kier alpha value is -0.240. The summed E-state index contributed by atoms with van der Waals surface area (Å²) in [6.45, 7) is 6.90. The van der Waals surface area contributed by atoms with E-state index in [1.165, 1.54) is 0 Å². The van der Waals surface area contributed by atoms with Crippen LogP contribution in [0, 0.1) is 16.6 Å². The van der Waals surface area contributed by atoms with Crippen LogP contribution in [0.3, 0.4) is 0 Å². The zero-order chi connectivity index (χ0) is 16.1. The van der Waals surface area contributed by atoms with E-state index in [-0.39, 0.29) is 17.5 Å². The lowest BCUT2D eigenvalue weighted by Gasteiger charge is -2.23. The molecule has 0 saturated carbocycles. The average Bonchev–Trinajstić information content (AvgIpc) is 2.36. The van der Waals surface area contributed by atoms with Gasteiger partial charge in [0.25, 0.3) is 10.1 Å². The smallest absolute Gasteiger partial charge is 0.264 e. The van der Waals surface area contributed by atoms with Crippen LogP contribution >= 0.6 is 11.8 Å². The lowest BCUT2D eigenvalue weighted by atomic mass is 9.83. The molecule has 7 heteroatoms. The number of Topliss-reactive ketones (excluding diaryl/α,β-unsaturated/α-hetero) is 1. The zero-order valence-corrected chi connectivity index (χ0v) is 14.6. The molecule has 0 radical (unpaired) electrons. The SMILES string of the molecule is CC(C)(C)C(=O)CC(CCCS(=O)(=O)O)[C+]1COCCS1. The summed E-state index contributed by atoms with van der Waals surface area (Å²) in [7, 11) is -3.94. The molecule has 1 rings (SSSR count). The Morgan fingerprint density at radius 3 is 2.57 bits per heavy atom. The van der Waals surface area contributed by atoms with Crippen molar-refractivity contribution in [1.82, 2.24) is 0 Å². The fourth-order valence-electron chi connectivity index (χ4n) is 2.10. The molecule has 1 heterocycles. The standard InChI is InChI=1S/C14H24O5S2/c1-14(2,3)13(15)9-11(5-4-8-21(16,17)18)12-10-19-6-7-20-12/h11H,4-10H2,1-3H3/p+1. The zero-order valence-electron chi connectivity index (χ0n) is 12.9. The molecule has 1 N–H and O–H groups in total. The first-order chi connectivity index (χ1) is 9.59. The van der Waals surface area contributed by atoms with Gasteiger partial charge in [0.1, 0.15) is 11.7 Å². The molecular weight excluding hydrogens is 312 g/mol. The van der Waals surface area contributed by atoms with E-state index < -0.39 is 15.5 Å². The van der Waals surface area contributed by atoms with Crippen LogP contribution in [0.2, 0.25) is 0 Å². The largest absolute Gasteiger partial charge is 0.338 e. The summed E-state index contributed by atoms with van der Waals surface area (Å²) in [6.07, 6.45) is 1.33. The van der Waals surface area contributed by atoms with Gasteiger partial charge >= 0.3 is 0 Å². The molecule has 0 aromatic heterocycles. The lowest BCUT2D eigenvalue weighted by Crippen LogP contribution is -2.28. The van der Waals surface area contributed by atoms with Crippen LogP contribution in [0.4, 0.5) is 0 Å². The molecule has 5 nitrogen and oxygen atoms in total. The molecule has 1 aliphatic heterocycles. The van der Waals surface area contributed by atoms with Gasteiger partial charge in [-0.25, -0.2) is 0 Å². The van der Waals surface area contributed by atoms with Crippen molar-refractivity contribution in [3.8, 4) is 0 Å². The topological polar surface area (TPSA) is 80.7 Å². The third-order valence-electron chi connectivity index (χ3n) is 3.44. The summed E-state index contributed by atoms with van der Waals surface area (Å²) in [4.78, 5) is 12.2. The van der Waals surface area contributed by atoms with E-state index in [0.29, 0.717) is 32.5 Å². The fraction of sp³-hybridized carbons (Fsp3) is 0.857. The number of carbonyl (C=O) groups excluding carboxylic acids is 1. The summed E-state index contributed by atoms with van der Waals surface area (Å²) in [5.74, 6) is 0.793. The maximum absolute atomic E-state index is 12.2. The molecule has 0 aromatic rings. The van der Waals surface area contributed by atoms with Crippen LogP contribution in [-0.2, 0) is 19.6 Å². The first-order valence-electron chi connectivity index (χ1n) is 7.14. The molecule has 1 fully saturated rings. The molecule has 122 valence electrons. The molecule has 21 heavy (non-hydrogen) atoms. The van der Waals surface area contributed by atoms with Gasteiger partial charge in [-0.15, -0.1) is 0 Å². The Morgan fingerprint density at radius 1 is 1.43 bits per heavy atom. The quantitative estimate of drug-likeness (QED) is 0.568. The van der Waals surface area contributed by atoms with E-state index in [4.69, 9.17) is 9.29 Å². The second-order valence-electron chi connectivity index (χ2n) is 6.37. The fourth-order valence-corrected chi connectivity index (χ4v) is 3.70. The Balaban J connectivity index is 2.63. The first-order valence-corrected chi connectivity index (χ1v) is 9.74. The number of carbonyl (C=O) groups is 1. The van der Waals surface area contributed by atoms with Crippen molar-refractivity contribution < 1.29 is 22.5 Å². The van der Waals surface area contributed by atoms with Gasteiger partial charge < -0.3 is 4.74 Å². The molecule has 1 unspecified atom stereocenters. The number of ether oxygens (including phenoxy) is 1. The molecule has 0 aliphatic carbocycles. The average molecular weight is 337 g/mol. The van der Waals surface area contributed by atoms with Gasteiger partial charge in [-0.1, -0.05) is 20.8 Å². The summed E-state index contributed by atoms with van der Waals surface area (Å²) < 4.78 is 35.9. The highest BCUT2D eigenvalue weighted by Crippen LogP contribution is 2.37. The Kier molecular flexibility index (Phi) is 7.03. The molecule has 0 bridgehead atoms. The minimum Gasteiger partial charge on any atom is -0.338 e. The van der Waals surface area contributed by atoms with Gasteiger partial charge in [-0.05, 0) is 12.8 Å². The third kappa shape index (κ3) is 7.54. The van der Waals surface area contributed by atoms with Gasteiger partial charge in [0.2, 0.25) is 6.61 Å². The summed E-state index contributed by atoms with van der Waals surface area (Å²) in [5.41, 5.74) is -0.401. The van der Waals surface area contributed by atoms with Crippen molar-refractivity contribution >= 4 is 27.7 Å². The van der Waals surface area contributed by atoms with Gasteiger partial charge in [0.05, 0.1) is 36.3 Å². The van der Waals surface area contributed by atoms with Crippen molar-refractivity contribution in [2.45, 2.75) is 40.0 Å². The Labute approximate surface area is 132 Å². The van der Waals surface area contributed by atoms with E-state index in [1.807, 2.05) is 20.8 Å². The van der Waals surface area contributed by atoms with Crippen molar-refractivity contribution in [3.05, 3.63) is 5.25 Å². The van der Waals surface area contributed by atoms with E-state index in [0.717, 1.165) is 11.0 Å². The highest BCUT2D eigenvalue weighted by Gasteiger charge is 2.39. The molecule has 0 amide bonds. The normalized spacial score (nSPS) is 18.6. The van der Waals surface area contributed by atoms with E-state index >= 15 is 0 Å². The van der Waals surface area contributed by atoms with Gasteiger partial charge in [-0.2, -0.15) is 8.42 Å². The lowest BCUT2D eigenvalue weighted by molar-refractivity contribution is -0.127. The number of hydrogen-bond acceptors (Lipinski definition) is 5. The van der Waals surface area contributed by atoms with Crippen LogP contribution in [0.25, 0.3) is 0 Å². The van der Waals surface area contributed by atoms with Crippen LogP contribution in [0.5, 0.6) is 0 Å². The molecule has 0 aromatic carbocycles. The van der Waals surface area contributed by atoms with Crippen LogP contribution < -0.4 is 0 Å². The first kappa shape index (κ1) is 18.8. The molecule has 1 aliphatic rings. The van der Waals surface area contributed by atoms with Crippen molar-refractivity contribution in [3.63, 3.8) is 0 Å². The predicted octanol–water partition coefficient (Wildman–Crippen LogP) is 2.57. The minimum absolute atomic E-state index is 0.0174.